The van der Waals surface area contributed by atoms with E-state index >= 15 is 0 Å². The van der Waals surface area contributed by atoms with E-state index in [0.29, 0.717) is 31.9 Å². The molecular formula is C21H22N4O3. The van der Waals surface area contributed by atoms with Crippen molar-refractivity contribution in [3.63, 3.8) is 0 Å². The summed E-state index contributed by atoms with van der Waals surface area (Å²) < 4.78 is 7.30. The maximum absolute atomic E-state index is 13.1. The first-order valence-electron chi connectivity index (χ1n) is 9.77. The maximum Gasteiger partial charge on any atom is 0.289 e. The molecule has 1 unspecified atom stereocenters. The Hall–Kier alpha value is -3.09. The lowest BCUT2D eigenvalue weighted by molar-refractivity contribution is -0.137. The summed E-state index contributed by atoms with van der Waals surface area (Å²) in [7, 11) is 0. The van der Waals surface area contributed by atoms with Crippen molar-refractivity contribution in [3.05, 3.63) is 59.9 Å². The van der Waals surface area contributed by atoms with E-state index in [2.05, 4.69) is 4.40 Å². The van der Waals surface area contributed by atoms with E-state index in [0.717, 1.165) is 36.3 Å². The van der Waals surface area contributed by atoms with Crippen LogP contribution in [0.25, 0.3) is 5.65 Å². The van der Waals surface area contributed by atoms with Gasteiger partial charge in [-0.3, -0.25) is 9.59 Å². The second-order valence-corrected chi connectivity index (χ2v) is 7.47. The van der Waals surface area contributed by atoms with Crippen molar-refractivity contribution in [1.29, 1.82) is 0 Å². The Morgan fingerprint density at radius 2 is 1.86 bits per heavy atom. The third kappa shape index (κ3) is 2.87. The number of carbonyl (C=O) groups excluding carboxylic acids is 2. The Labute approximate surface area is 162 Å². The third-order valence-electron chi connectivity index (χ3n) is 5.84. The number of hydrogen-bond acceptors (Lipinski definition) is 4. The summed E-state index contributed by atoms with van der Waals surface area (Å²) in [5.74, 6) is 0.430. The van der Waals surface area contributed by atoms with Crippen molar-refractivity contribution in [2.75, 3.05) is 26.2 Å². The van der Waals surface area contributed by atoms with Gasteiger partial charge in [0.25, 0.3) is 5.91 Å². The molecule has 0 saturated carbocycles. The SMILES string of the molecule is O=C(c1ccco1)N1CCN(C(=O)C2CCc3nc4ccccn4c3C2)CC1. The van der Waals surface area contributed by atoms with Crippen molar-refractivity contribution in [2.24, 2.45) is 5.92 Å². The number of piperazine rings is 1. The average Bonchev–Trinajstić information content (AvgIpc) is 3.40. The zero-order chi connectivity index (χ0) is 19.1. The van der Waals surface area contributed by atoms with Gasteiger partial charge in [0, 0.05) is 50.4 Å². The summed E-state index contributed by atoms with van der Waals surface area (Å²) in [4.78, 5) is 33.9. The molecule has 1 fully saturated rings. The van der Waals surface area contributed by atoms with Crippen molar-refractivity contribution < 1.29 is 14.0 Å². The van der Waals surface area contributed by atoms with Crippen LogP contribution in [-0.2, 0) is 17.6 Å². The minimum Gasteiger partial charge on any atom is -0.459 e. The van der Waals surface area contributed by atoms with Crippen LogP contribution < -0.4 is 0 Å². The molecule has 0 bridgehead atoms. The molecule has 0 N–H and O–H groups in total. The highest BCUT2D eigenvalue weighted by Gasteiger charge is 2.33. The molecule has 0 radical (unpaired) electrons. The number of imidazole rings is 1. The fourth-order valence-electron chi connectivity index (χ4n) is 4.31. The largest absolute Gasteiger partial charge is 0.459 e. The van der Waals surface area contributed by atoms with E-state index in [9.17, 15) is 9.59 Å². The topological polar surface area (TPSA) is 71.1 Å². The number of rotatable bonds is 2. The van der Waals surface area contributed by atoms with Gasteiger partial charge in [-0.15, -0.1) is 0 Å². The lowest BCUT2D eigenvalue weighted by atomic mass is 9.88. The van der Waals surface area contributed by atoms with Gasteiger partial charge in [-0.2, -0.15) is 0 Å². The molecule has 4 heterocycles. The third-order valence-corrected chi connectivity index (χ3v) is 5.84. The van der Waals surface area contributed by atoms with Crippen molar-refractivity contribution in [3.8, 4) is 0 Å². The number of carbonyl (C=O) groups is 2. The van der Waals surface area contributed by atoms with E-state index < -0.39 is 0 Å². The van der Waals surface area contributed by atoms with E-state index in [1.54, 1.807) is 17.0 Å². The average molecular weight is 378 g/mol. The van der Waals surface area contributed by atoms with Crippen LogP contribution in [0.5, 0.6) is 0 Å². The van der Waals surface area contributed by atoms with E-state index in [1.807, 2.05) is 29.3 Å². The minimum absolute atomic E-state index is 0.0140. The molecule has 7 nitrogen and oxygen atoms in total. The second kappa shape index (κ2) is 6.82. The molecule has 3 aromatic heterocycles. The van der Waals surface area contributed by atoms with Gasteiger partial charge < -0.3 is 18.6 Å². The van der Waals surface area contributed by atoms with Crippen LogP contribution in [0.3, 0.4) is 0 Å². The number of fused-ring (bicyclic) bond motifs is 3. The number of aromatic nitrogens is 2. The van der Waals surface area contributed by atoms with Gasteiger partial charge in [0.1, 0.15) is 5.65 Å². The molecule has 1 atom stereocenters. The summed E-state index contributed by atoms with van der Waals surface area (Å²) in [6, 6.07) is 9.37. The Balaban J connectivity index is 1.25. The molecule has 1 aliphatic heterocycles. The van der Waals surface area contributed by atoms with Gasteiger partial charge in [0.2, 0.25) is 5.91 Å². The van der Waals surface area contributed by atoms with E-state index in [1.165, 1.54) is 6.26 Å². The number of nitrogens with zero attached hydrogens (tertiary/aromatic N) is 4. The number of furan rings is 1. The molecule has 2 amide bonds. The van der Waals surface area contributed by atoms with Crippen molar-refractivity contribution >= 4 is 17.5 Å². The lowest BCUT2D eigenvalue weighted by Crippen LogP contribution is -2.52. The zero-order valence-electron chi connectivity index (χ0n) is 15.6. The predicted molar refractivity (Wildman–Crippen MR) is 102 cm³/mol. The first kappa shape index (κ1) is 17.0. The Kier molecular flexibility index (Phi) is 4.15. The minimum atomic E-state index is -0.106. The van der Waals surface area contributed by atoms with E-state index in [-0.39, 0.29) is 17.7 Å². The zero-order valence-corrected chi connectivity index (χ0v) is 15.6. The molecule has 0 spiro atoms. The molecule has 1 aliphatic carbocycles. The molecule has 7 heteroatoms. The quantitative estimate of drug-likeness (QED) is 0.684. The molecule has 3 aromatic rings. The van der Waals surface area contributed by atoms with Gasteiger partial charge in [-0.1, -0.05) is 6.07 Å². The van der Waals surface area contributed by atoms with Crippen molar-refractivity contribution in [2.45, 2.75) is 19.3 Å². The highest BCUT2D eigenvalue weighted by atomic mass is 16.3. The maximum atomic E-state index is 13.1. The molecule has 2 aliphatic rings. The number of hydrogen-bond donors (Lipinski definition) is 0. The van der Waals surface area contributed by atoms with Crippen LogP contribution in [0.1, 0.15) is 28.4 Å². The van der Waals surface area contributed by atoms with Crippen LogP contribution in [-0.4, -0.2) is 57.2 Å². The summed E-state index contributed by atoms with van der Waals surface area (Å²) in [5.41, 5.74) is 3.22. The highest BCUT2D eigenvalue weighted by molar-refractivity contribution is 5.91. The lowest BCUT2D eigenvalue weighted by Gasteiger charge is -2.36. The van der Waals surface area contributed by atoms with Crippen LogP contribution >= 0.6 is 0 Å². The monoisotopic (exact) mass is 378 g/mol. The Bertz CT molecular complexity index is 1020. The fraction of sp³-hybridized carbons (Fsp3) is 0.381. The van der Waals surface area contributed by atoms with Crippen LogP contribution in [0, 0.1) is 5.92 Å². The Morgan fingerprint density at radius 1 is 1.04 bits per heavy atom. The fourth-order valence-corrected chi connectivity index (χ4v) is 4.31. The highest BCUT2D eigenvalue weighted by Crippen LogP contribution is 2.28. The molecule has 0 aromatic carbocycles. The van der Waals surface area contributed by atoms with Gasteiger partial charge >= 0.3 is 0 Å². The number of amides is 2. The van der Waals surface area contributed by atoms with E-state index in [4.69, 9.17) is 9.40 Å². The van der Waals surface area contributed by atoms with Gasteiger partial charge in [-0.05, 0) is 37.1 Å². The normalized spacial score (nSPS) is 19.6. The predicted octanol–water partition coefficient (Wildman–Crippen LogP) is 2.02. The second-order valence-electron chi connectivity index (χ2n) is 7.47. The van der Waals surface area contributed by atoms with Gasteiger partial charge in [-0.25, -0.2) is 4.98 Å². The summed E-state index contributed by atoms with van der Waals surface area (Å²) in [5, 5.41) is 0. The molecule has 5 rings (SSSR count). The number of pyridine rings is 1. The van der Waals surface area contributed by atoms with Crippen LogP contribution in [0.4, 0.5) is 0 Å². The summed E-state index contributed by atoms with van der Waals surface area (Å²) in [6.07, 6.45) is 5.92. The smallest absolute Gasteiger partial charge is 0.289 e. The summed E-state index contributed by atoms with van der Waals surface area (Å²) >= 11 is 0. The van der Waals surface area contributed by atoms with Crippen LogP contribution in [0.15, 0.2) is 47.2 Å². The van der Waals surface area contributed by atoms with Gasteiger partial charge in [0.15, 0.2) is 5.76 Å². The first-order chi connectivity index (χ1) is 13.7. The number of aryl methyl sites for hydroxylation is 1. The first-order valence-corrected chi connectivity index (χ1v) is 9.77. The summed E-state index contributed by atoms with van der Waals surface area (Å²) in [6.45, 7) is 2.22. The van der Waals surface area contributed by atoms with Gasteiger partial charge in [0.05, 0.1) is 12.0 Å². The van der Waals surface area contributed by atoms with Crippen LogP contribution in [0.2, 0.25) is 0 Å². The molecule has 1 saturated heterocycles. The Morgan fingerprint density at radius 3 is 2.64 bits per heavy atom. The molecule has 144 valence electrons. The molecular weight excluding hydrogens is 356 g/mol. The molecule has 28 heavy (non-hydrogen) atoms. The standard InChI is InChI=1S/C21H22N4O3/c26-20(23-9-11-24(12-10-23)21(27)18-4-3-13-28-18)15-6-7-16-17(14-15)25-8-2-1-5-19(25)22-16/h1-5,8,13,15H,6-7,9-12,14H2. The van der Waals surface area contributed by atoms with Crippen molar-refractivity contribution in [1.82, 2.24) is 19.2 Å².